The summed E-state index contributed by atoms with van der Waals surface area (Å²) < 4.78 is 26.5. The van der Waals surface area contributed by atoms with Crippen LogP contribution in [0.3, 0.4) is 0 Å². The number of hydrogen-bond donors (Lipinski definition) is 2. The summed E-state index contributed by atoms with van der Waals surface area (Å²) in [5, 5.41) is 18.4. The molecule has 0 fully saturated rings. The maximum atomic E-state index is 13.4. The lowest BCUT2D eigenvalue weighted by atomic mass is 10.0. The highest BCUT2D eigenvalue weighted by Crippen LogP contribution is 2.38. The van der Waals surface area contributed by atoms with E-state index in [0.717, 1.165) is 22.6 Å². The lowest BCUT2D eigenvalue weighted by Crippen LogP contribution is -2.09. The van der Waals surface area contributed by atoms with Crippen molar-refractivity contribution in [1.82, 2.24) is 0 Å². The first-order valence-electron chi connectivity index (χ1n) is 7.06. The average Bonchev–Trinajstić information content (AvgIpc) is 2.53. The van der Waals surface area contributed by atoms with Gasteiger partial charge >= 0.3 is 0 Å². The van der Waals surface area contributed by atoms with Crippen LogP contribution in [0.25, 0.3) is 0 Å². The lowest BCUT2D eigenvalue weighted by Gasteiger charge is -2.20. The van der Waals surface area contributed by atoms with Crippen LogP contribution >= 0.6 is 11.8 Å². The number of halogens is 2. The summed E-state index contributed by atoms with van der Waals surface area (Å²) in [6.45, 7) is 0. The predicted octanol–water partition coefficient (Wildman–Crippen LogP) is 5.00. The molecule has 1 unspecified atom stereocenters. The van der Waals surface area contributed by atoms with Crippen LogP contribution in [0.4, 0.5) is 14.5 Å². The molecule has 0 aliphatic carbocycles. The predicted molar refractivity (Wildman–Crippen MR) is 87.1 cm³/mol. The molecule has 1 aliphatic heterocycles. The SMILES string of the molecule is N=C(N=NC1CCSc2ccc(F)cc21)Nc1cccc(F)c1. The van der Waals surface area contributed by atoms with Crippen molar-refractivity contribution >= 4 is 23.4 Å². The van der Waals surface area contributed by atoms with Gasteiger partial charge in [0, 0.05) is 16.3 Å². The monoisotopic (exact) mass is 332 g/mol. The van der Waals surface area contributed by atoms with E-state index in [1.54, 1.807) is 30.0 Å². The van der Waals surface area contributed by atoms with Crippen molar-refractivity contribution in [1.29, 1.82) is 5.41 Å². The summed E-state index contributed by atoms with van der Waals surface area (Å²) >= 11 is 1.66. The summed E-state index contributed by atoms with van der Waals surface area (Å²) in [7, 11) is 0. The van der Waals surface area contributed by atoms with Crippen LogP contribution in [0.5, 0.6) is 0 Å². The first-order chi connectivity index (χ1) is 11.1. The molecule has 1 atom stereocenters. The molecular weight excluding hydrogens is 318 g/mol. The number of guanidine groups is 1. The topological polar surface area (TPSA) is 60.6 Å². The van der Waals surface area contributed by atoms with Crippen LogP contribution in [0.1, 0.15) is 18.0 Å². The number of thioether (sulfide) groups is 1. The Morgan fingerprint density at radius 3 is 2.83 bits per heavy atom. The summed E-state index contributed by atoms with van der Waals surface area (Å²) in [5.41, 5.74) is 1.23. The van der Waals surface area contributed by atoms with Crippen LogP contribution in [-0.4, -0.2) is 11.7 Å². The van der Waals surface area contributed by atoms with Crippen LogP contribution in [-0.2, 0) is 0 Å². The first kappa shape index (κ1) is 15.6. The summed E-state index contributed by atoms with van der Waals surface area (Å²) in [4.78, 5) is 0.992. The maximum absolute atomic E-state index is 13.4. The Bertz CT molecular complexity index is 763. The highest BCUT2D eigenvalue weighted by Gasteiger charge is 2.21. The molecule has 0 aromatic heterocycles. The standard InChI is InChI=1S/C16H14F2N4S/c17-10-2-1-3-12(8-10)20-16(19)22-21-14-6-7-23-15-5-4-11(18)9-13(14)15/h1-5,8-9,14H,6-7H2,(H2,19,20). The molecule has 0 saturated heterocycles. The molecule has 3 rings (SSSR count). The van der Waals surface area contributed by atoms with Crippen molar-refractivity contribution in [2.24, 2.45) is 10.2 Å². The highest BCUT2D eigenvalue weighted by molar-refractivity contribution is 7.99. The van der Waals surface area contributed by atoms with Gasteiger partial charge < -0.3 is 5.32 Å². The van der Waals surface area contributed by atoms with E-state index in [9.17, 15) is 8.78 Å². The first-order valence-corrected chi connectivity index (χ1v) is 8.04. The second-order valence-corrected chi connectivity index (χ2v) is 6.17. The van der Waals surface area contributed by atoms with Gasteiger partial charge in [0.2, 0.25) is 5.96 Å². The Hall–Kier alpha value is -2.28. The Morgan fingerprint density at radius 1 is 1.17 bits per heavy atom. The molecule has 0 spiro atoms. The van der Waals surface area contributed by atoms with Crippen molar-refractivity contribution in [3.8, 4) is 0 Å². The van der Waals surface area contributed by atoms with E-state index < -0.39 is 5.82 Å². The zero-order valence-electron chi connectivity index (χ0n) is 12.1. The number of rotatable bonds is 2. The third kappa shape index (κ3) is 3.92. The van der Waals surface area contributed by atoms with E-state index in [1.807, 2.05) is 0 Å². The van der Waals surface area contributed by atoms with Crippen molar-refractivity contribution in [2.75, 3.05) is 11.1 Å². The normalized spacial score (nSPS) is 17.0. The zero-order valence-corrected chi connectivity index (χ0v) is 12.9. The molecule has 0 amide bonds. The Labute approximate surface area is 136 Å². The fourth-order valence-corrected chi connectivity index (χ4v) is 3.41. The second kappa shape index (κ2) is 6.87. The van der Waals surface area contributed by atoms with Crippen LogP contribution in [0.15, 0.2) is 57.6 Å². The van der Waals surface area contributed by atoms with Gasteiger partial charge in [-0.2, -0.15) is 5.11 Å². The van der Waals surface area contributed by atoms with Gasteiger partial charge in [0.1, 0.15) is 11.6 Å². The molecule has 2 aromatic carbocycles. The number of hydrogen-bond acceptors (Lipinski definition) is 3. The summed E-state index contributed by atoms with van der Waals surface area (Å²) in [6, 6.07) is 10.1. The third-order valence-corrected chi connectivity index (χ3v) is 4.49. The smallest absolute Gasteiger partial charge is 0.239 e. The average molecular weight is 332 g/mol. The zero-order chi connectivity index (χ0) is 16.2. The number of nitrogens with zero attached hydrogens (tertiary/aromatic N) is 2. The molecule has 0 radical (unpaired) electrons. The lowest BCUT2D eigenvalue weighted by molar-refractivity contribution is 0.603. The van der Waals surface area contributed by atoms with Crippen molar-refractivity contribution < 1.29 is 8.78 Å². The molecule has 118 valence electrons. The number of nitrogens with one attached hydrogen (secondary N) is 2. The van der Waals surface area contributed by atoms with Crippen molar-refractivity contribution in [2.45, 2.75) is 17.4 Å². The molecule has 1 heterocycles. The van der Waals surface area contributed by atoms with Crippen molar-refractivity contribution in [3.63, 3.8) is 0 Å². The number of benzene rings is 2. The molecule has 0 saturated carbocycles. The van der Waals surface area contributed by atoms with Gasteiger partial charge in [0.05, 0.1) is 6.04 Å². The van der Waals surface area contributed by atoms with E-state index >= 15 is 0 Å². The molecule has 2 N–H and O–H groups in total. The fourth-order valence-electron chi connectivity index (χ4n) is 2.32. The maximum Gasteiger partial charge on any atom is 0.239 e. The summed E-state index contributed by atoms with van der Waals surface area (Å²) in [5.74, 6) is -0.0212. The minimum Gasteiger partial charge on any atom is -0.323 e. The molecular formula is C16H14F2N4S. The van der Waals surface area contributed by atoms with Gasteiger partial charge in [-0.3, -0.25) is 5.41 Å². The van der Waals surface area contributed by atoms with Crippen LogP contribution in [0.2, 0.25) is 0 Å². The van der Waals surface area contributed by atoms with Gasteiger partial charge in [0.25, 0.3) is 0 Å². The van der Waals surface area contributed by atoms with E-state index in [-0.39, 0.29) is 17.8 Å². The van der Waals surface area contributed by atoms with Gasteiger partial charge in [-0.15, -0.1) is 16.9 Å². The van der Waals surface area contributed by atoms with Crippen LogP contribution < -0.4 is 5.32 Å². The van der Waals surface area contributed by atoms with Crippen molar-refractivity contribution in [3.05, 3.63) is 59.7 Å². The fraction of sp³-hybridized carbons (Fsp3) is 0.188. The third-order valence-electron chi connectivity index (χ3n) is 3.36. The molecule has 7 heteroatoms. The van der Waals surface area contributed by atoms with Gasteiger partial charge in [-0.05, 0) is 48.4 Å². The number of azo groups is 1. The van der Waals surface area contributed by atoms with E-state index in [0.29, 0.717) is 5.69 Å². The molecule has 0 bridgehead atoms. The molecule has 2 aromatic rings. The van der Waals surface area contributed by atoms with Crippen LogP contribution in [0, 0.1) is 17.0 Å². The van der Waals surface area contributed by atoms with E-state index in [2.05, 4.69) is 15.5 Å². The Morgan fingerprint density at radius 2 is 2.00 bits per heavy atom. The highest BCUT2D eigenvalue weighted by atomic mass is 32.2. The molecule has 4 nitrogen and oxygen atoms in total. The summed E-state index contributed by atoms with van der Waals surface area (Å²) in [6.07, 6.45) is 0.734. The number of fused-ring (bicyclic) bond motifs is 1. The number of anilines is 1. The minimum atomic E-state index is -0.395. The van der Waals surface area contributed by atoms with Gasteiger partial charge in [-0.25, -0.2) is 8.78 Å². The molecule has 1 aliphatic rings. The largest absolute Gasteiger partial charge is 0.323 e. The van der Waals surface area contributed by atoms with Gasteiger partial charge in [-0.1, -0.05) is 6.07 Å². The van der Waals surface area contributed by atoms with E-state index in [4.69, 9.17) is 5.41 Å². The minimum absolute atomic E-state index is 0.188. The van der Waals surface area contributed by atoms with E-state index in [1.165, 1.54) is 24.3 Å². The molecule has 23 heavy (non-hydrogen) atoms. The quantitative estimate of drug-likeness (QED) is 0.462. The van der Waals surface area contributed by atoms with Gasteiger partial charge in [0.15, 0.2) is 0 Å². The second-order valence-electron chi connectivity index (χ2n) is 5.03. The Balaban J connectivity index is 1.71. The Kier molecular flexibility index (Phi) is 4.66.